The van der Waals surface area contributed by atoms with Gasteiger partial charge in [-0.3, -0.25) is 15.1 Å². The number of aromatic nitrogens is 1. The van der Waals surface area contributed by atoms with Gasteiger partial charge in [0.1, 0.15) is 12.2 Å². The molecule has 1 heterocycles. The molecule has 1 rings (SSSR count). The Morgan fingerprint density at radius 2 is 2.43 bits per heavy atom. The number of nitro groups is 1. The molecule has 6 nitrogen and oxygen atoms in total. The molecule has 1 aromatic heterocycles. The van der Waals surface area contributed by atoms with Crippen LogP contribution in [-0.4, -0.2) is 16.0 Å². The molecule has 0 amide bonds. The van der Waals surface area contributed by atoms with Crippen molar-refractivity contribution in [2.24, 2.45) is 4.99 Å². The zero-order valence-electron chi connectivity index (χ0n) is 6.81. The zero-order chi connectivity index (χ0) is 10.6. The van der Waals surface area contributed by atoms with Crippen molar-refractivity contribution in [1.82, 2.24) is 4.98 Å². The minimum absolute atomic E-state index is 0.132. The van der Waals surface area contributed by atoms with Crippen molar-refractivity contribution in [2.75, 3.05) is 0 Å². The van der Waals surface area contributed by atoms with Gasteiger partial charge in [-0.2, -0.15) is 4.99 Å². The largest absolute Gasteiger partial charge is 0.293 e. The molecule has 72 valence electrons. The lowest BCUT2D eigenvalue weighted by molar-refractivity contribution is -0.386. The average molecular weight is 258 g/mol. The minimum Gasteiger partial charge on any atom is -0.258 e. The average Bonchev–Trinajstić information content (AvgIpc) is 2.15. The topological polar surface area (TPSA) is 85.5 Å². The highest BCUT2D eigenvalue weighted by Crippen LogP contribution is 2.21. The van der Waals surface area contributed by atoms with Gasteiger partial charge in [-0.1, -0.05) is 0 Å². The van der Waals surface area contributed by atoms with Gasteiger partial charge in [0.05, 0.1) is 4.92 Å². The molecule has 0 aliphatic rings. The Morgan fingerprint density at radius 1 is 1.71 bits per heavy atom. The Balaban J connectivity index is 3.14. The second-order valence-electron chi connectivity index (χ2n) is 2.28. The van der Waals surface area contributed by atoms with Crippen LogP contribution in [0.4, 0.5) is 5.69 Å². The molecule has 0 unspecified atom stereocenters. The van der Waals surface area contributed by atoms with Crippen molar-refractivity contribution in [3.05, 3.63) is 32.5 Å². The Kier molecular flexibility index (Phi) is 3.44. The first-order chi connectivity index (χ1) is 6.65. The van der Waals surface area contributed by atoms with Gasteiger partial charge in [-0.25, -0.2) is 4.79 Å². The maximum atomic E-state index is 10.5. The first kappa shape index (κ1) is 10.5. The Morgan fingerprint density at radius 3 is 3.00 bits per heavy atom. The van der Waals surface area contributed by atoms with E-state index in [-0.39, 0.29) is 17.9 Å². The molecule has 0 fully saturated rings. The van der Waals surface area contributed by atoms with Crippen LogP contribution >= 0.6 is 15.9 Å². The molecular weight excluding hydrogens is 254 g/mol. The minimum atomic E-state index is -0.576. The van der Waals surface area contributed by atoms with Gasteiger partial charge in [0.25, 0.3) is 5.69 Å². The van der Waals surface area contributed by atoms with Crippen molar-refractivity contribution in [2.45, 2.75) is 6.54 Å². The summed E-state index contributed by atoms with van der Waals surface area (Å²) in [5.74, 6) is 0. The first-order valence-electron chi connectivity index (χ1n) is 3.47. The molecule has 1 aromatic rings. The summed E-state index contributed by atoms with van der Waals surface area (Å²) in [5, 5.41) is 10.5. The van der Waals surface area contributed by atoms with Crippen molar-refractivity contribution in [3.63, 3.8) is 0 Å². The fraction of sp³-hybridized carbons (Fsp3) is 0.143. The first-order valence-corrected chi connectivity index (χ1v) is 4.27. The molecule has 0 aliphatic carbocycles. The smallest absolute Gasteiger partial charge is 0.258 e. The van der Waals surface area contributed by atoms with Gasteiger partial charge < -0.3 is 0 Å². The number of hydrogen-bond acceptors (Lipinski definition) is 5. The number of carbonyl (C=O) groups excluding carboxylic acids is 1. The van der Waals surface area contributed by atoms with Crippen LogP contribution in [0.2, 0.25) is 0 Å². The van der Waals surface area contributed by atoms with Crippen LogP contribution in [0, 0.1) is 10.1 Å². The maximum Gasteiger partial charge on any atom is 0.293 e. The molecular formula is C7H4BrN3O3. The van der Waals surface area contributed by atoms with E-state index >= 15 is 0 Å². The summed E-state index contributed by atoms with van der Waals surface area (Å²) in [4.78, 5) is 26.8. The second kappa shape index (κ2) is 4.59. The number of pyridine rings is 1. The fourth-order valence-electron chi connectivity index (χ4n) is 0.844. The number of hydrogen-bond donors (Lipinski definition) is 0. The van der Waals surface area contributed by atoms with Gasteiger partial charge in [-0.05, 0) is 15.9 Å². The van der Waals surface area contributed by atoms with Crippen LogP contribution in [0.25, 0.3) is 0 Å². The van der Waals surface area contributed by atoms with Crippen LogP contribution in [-0.2, 0) is 11.3 Å². The molecule has 0 N–H and O–H groups in total. The highest BCUT2D eigenvalue weighted by Gasteiger charge is 2.14. The molecule has 0 saturated carbocycles. The van der Waals surface area contributed by atoms with Crippen molar-refractivity contribution < 1.29 is 9.72 Å². The fourth-order valence-corrected chi connectivity index (χ4v) is 1.16. The number of nitrogens with zero attached hydrogens (tertiary/aromatic N) is 3. The van der Waals surface area contributed by atoms with Gasteiger partial charge in [0.15, 0.2) is 0 Å². The third-order valence-electron chi connectivity index (χ3n) is 1.40. The summed E-state index contributed by atoms with van der Waals surface area (Å²) in [6, 6.07) is 1.31. The van der Waals surface area contributed by atoms with Crippen molar-refractivity contribution >= 4 is 27.7 Å². The highest BCUT2D eigenvalue weighted by atomic mass is 79.9. The summed E-state index contributed by atoms with van der Waals surface area (Å²) < 4.78 is 0.503. The Labute approximate surface area is 87.0 Å². The van der Waals surface area contributed by atoms with E-state index < -0.39 is 4.92 Å². The van der Waals surface area contributed by atoms with Crippen LogP contribution < -0.4 is 0 Å². The van der Waals surface area contributed by atoms with E-state index in [2.05, 4.69) is 25.9 Å². The number of rotatable bonds is 3. The van der Waals surface area contributed by atoms with E-state index in [0.29, 0.717) is 4.47 Å². The molecule has 0 aromatic carbocycles. The molecule has 0 bridgehead atoms. The second-order valence-corrected chi connectivity index (χ2v) is 3.20. The summed E-state index contributed by atoms with van der Waals surface area (Å²) in [5.41, 5.74) is -0.0278. The lowest BCUT2D eigenvalue weighted by Crippen LogP contribution is -1.97. The van der Waals surface area contributed by atoms with Crippen LogP contribution in [0.5, 0.6) is 0 Å². The SMILES string of the molecule is O=C=NCc1ncc(Br)cc1[N+](=O)[O-]. The van der Waals surface area contributed by atoms with Crippen LogP contribution in [0.15, 0.2) is 21.7 Å². The summed E-state index contributed by atoms with van der Waals surface area (Å²) in [6.45, 7) is -0.132. The van der Waals surface area contributed by atoms with Crippen molar-refractivity contribution in [3.8, 4) is 0 Å². The molecule has 14 heavy (non-hydrogen) atoms. The predicted molar refractivity (Wildman–Crippen MR) is 50.4 cm³/mol. The molecule has 7 heteroatoms. The number of halogens is 1. The number of aliphatic imine (C=N–C) groups is 1. The lowest BCUT2D eigenvalue weighted by atomic mass is 10.3. The quantitative estimate of drug-likeness (QED) is 0.356. The summed E-state index contributed by atoms with van der Waals surface area (Å²) in [6.07, 6.45) is 2.70. The molecule has 0 aliphatic heterocycles. The molecule has 0 radical (unpaired) electrons. The van der Waals surface area contributed by atoms with Gasteiger partial charge >= 0.3 is 0 Å². The lowest BCUT2D eigenvalue weighted by Gasteiger charge is -1.97. The zero-order valence-corrected chi connectivity index (χ0v) is 8.39. The monoisotopic (exact) mass is 257 g/mol. The van der Waals surface area contributed by atoms with Gasteiger partial charge in [0, 0.05) is 16.7 Å². The maximum absolute atomic E-state index is 10.5. The van der Waals surface area contributed by atoms with Crippen LogP contribution in [0.1, 0.15) is 5.69 Å². The Hall–Kier alpha value is -1.59. The van der Waals surface area contributed by atoms with Gasteiger partial charge in [0.2, 0.25) is 6.08 Å². The molecule has 0 atom stereocenters. The van der Waals surface area contributed by atoms with E-state index in [1.807, 2.05) is 0 Å². The normalized spacial score (nSPS) is 9.21. The third kappa shape index (κ3) is 2.45. The van der Waals surface area contributed by atoms with E-state index in [0.717, 1.165) is 0 Å². The van der Waals surface area contributed by atoms with Gasteiger partial charge in [-0.15, -0.1) is 0 Å². The van der Waals surface area contributed by atoms with E-state index in [9.17, 15) is 14.9 Å². The molecule has 0 saturated heterocycles. The summed E-state index contributed by atoms with van der Waals surface area (Å²) in [7, 11) is 0. The van der Waals surface area contributed by atoms with Crippen molar-refractivity contribution in [1.29, 1.82) is 0 Å². The van der Waals surface area contributed by atoms with Crippen LogP contribution in [0.3, 0.4) is 0 Å². The number of isocyanates is 1. The van der Waals surface area contributed by atoms with E-state index in [1.54, 1.807) is 0 Å². The van der Waals surface area contributed by atoms with E-state index in [4.69, 9.17) is 0 Å². The molecule has 0 spiro atoms. The third-order valence-corrected chi connectivity index (χ3v) is 1.84. The summed E-state index contributed by atoms with van der Waals surface area (Å²) >= 11 is 3.06. The standard InChI is InChI=1S/C7H4BrN3O3/c8-5-1-7(11(13)14)6(10-2-5)3-9-4-12/h1-2H,3H2. The highest BCUT2D eigenvalue weighted by molar-refractivity contribution is 9.10. The van der Waals surface area contributed by atoms with E-state index in [1.165, 1.54) is 18.3 Å². The Bertz CT molecular complexity index is 415. The predicted octanol–water partition coefficient (Wildman–Crippen LogP) is 1.59.